The highest BCUT2D eigenvalue weighted by molar-refractivity contribution is 5.79. The van der Waals surface area contributed by atoms with Gasteiger partial charge in [-0.05, 0) is 0 Å². The van der Waals surface area contributed by atoms with Gasteiger partial charge >= 0.3 is 12.0 Å². The second-order valence-corrected chi connectivity index (χ2v) is 3.76. The first-order valence-corrected chi connectivity index (χ1v) is 5.18. The van der Waals surface area contributed by atoms with E-state index in [0.717, 1.165) is 0 Å². The first-order chi connectivity index (χ1) is 8.16. The minimum atomic E-state index is -0.861. The van der Waals surface area contributed by atoms with Gasteiger partial charge in [-0.1, -0.05) is 5.16 Å². The number of nitrogens with one attached hydrogen (secondary N) is 1. The molecule has 2 amide bonds. The quantitative estimate of drug-likeness (QED) is 0.723. The number of aromatic nitrogens is 2. The fourth-order valence-electron chi connectivity index (χ4n) is 1.49. The third-order valence-electron chi connectivity index (χ3n) is 2.54. The van der Waals surface area contributed by atoms with E-state index in [1.54, 1.807) is 0 Å². The molecule has 8 heteroatoms. The van der Waals surface area contributed by atoms with E-state index in [4.69, 9.17) is 9.63 Å². The zero-order valence-corrected chi connectivity index (χ0v) is 9.00. The molecule has 0 saturated carbocycles. The topological polar surface area (TPSA) is 109 Å². The number of likely N-dealkylation sites (tertiary alicyclic amines) is 1. The van der Waals surface area contributed by atoms with Crippen molar-refractivity contribution in [2.45, 2.75) is 6.42 Å². The average Bonchev–Trinajstić information content (AvgIpc) is 2.67. The molecule has 1 aliphatic heterocycles. The van der Waals surface area contributed by atoms with E-state index in [1.807, 2.05) is 0 Å². The number of hydrogen-bond acceptors (Lipinski definition) is 5. The Hall–Kier alpha value is -2.12. The SMILES string of the molecule is O=C(O)C1CN(C(=O)NCCc2ncno2)C1. The maximum Gasteiger partial charge on any atom is 0.317 e. The van der Waals surface area contributed by atoms with Gasteiger partial charge in [-0.15, -0.1) is 0 Å². The Labute approximate surface area is 96.6 Å². The number of nitrogens with zero attached hydrogens (tertiary/aromatic N) is 3. The lowest BCUT2D eigenvalue weighted by Gasteiger charge is -2.36. The Bertz CT molecular complexity index is 399. The molecular formula is C9H12N4O4. The Morgan fingerprint density at radius 2 is 2.35 bits per heavy atom. The summed E-state index contributed by atoms with van der Waals surface area (Å²) in [6.45, 7) is 0.915. The van der Waals surface area contributed by atoms with Crippen LogP contribution in [-0.2, 0) is 11.2 Å². The summed E-state index contributed by atoms with van der Waals surface area (Å²) in [4.78, 5) is 27.3. The molecule has 0 atom stereocenters. The van der Waals surface area contributed by atoms with Gasteiger partial charge in [0.15, 0.2) is 6.33 Å². The van der Waals surface area contributed by atoms with Crippen molar-refractivity contribution in [3.63, 3.8) is 0 Å². The van der Waals surface area contributed by atoms with Crippen molar-refractivity contribution in [3.05, 3.63) is 12.2 Å². The molecular weight excluding hydrogens is 228 g/mol. The van der Waals surface area contributed by atoms with Crippen LogP contribution in [0.1, 0.15) is 5.89 Å². The monoisotopic (exact) mass is 240 g/mol. The van der Waals surface area contributed by atoms with Crippen LogP contribution < -0.4 is 5.32 Å². The molecule has 17 heavy (non-hydrogen) atoms. The van der Waals surface area contributed by atoms with Crippen LogP contribution in [0, 0.1) is 5.92 Å². The molecule has 0 unspecified atom stereocenters. The largest absolute Gasteiger partial charge is 0.481 e. The first kappa shape index (κ1) is 11.4. The molecule has 2 heterocycles. The third kappa shape index (κ3) is 2.71. The van der Waals surface area contributed by atoms with Gasteiger partial charge in [-0.2, -0.15) is 4.98 Å². The molecule has 0 spiro atoms. The van der Waals surface area contributed by atoms with Crippen LogP contribution in [0.4, 0.5) is 4.79 Å². The van der Waals surface area contributed by atoms with Crippen LogP contribution in [0.2, 0.25) is 0 Å². The smallest absolute Gasteiger partial charge is 0.317 e. The lowest BCUT2D eigenvalue weighted by molar-refractivity contribution is -0.146. The van der Waals surface area contributed by atoms with E-state index in [9.17, 15) is 9.59 Å². The van der Waals surface area contributed by atoms with E-state index < -0.39 is 11.9 Å². The van der Waals surface area contributed by atoms with Gasteiger partial charge in [0.25, 0.3) is 0 Å². The molecule has 92 valence electrons. The van der Waals surface area contributed by atoms with Crippen LogP contribution >= 0.6 is 0 Å². The Kier molecular flexibility index (Phi) is 3.22. The van der Waals surface area contributed by atoms with Crippen molar-refractivity contribution >= 4 is 12.0 Å². The van der Waals surface area contributed by atoms with Crippen LogP contribution in [0.3, 0.4) is 0 Å². The van der Waals surface area contributed by atoms with Gasteiger partial charge in [0.2, 0.25) is 5.89 Å². The number of carboxylic acids is 1. The van der Waals surface area contributed by atoms with Crippen molar-refractivity contribution in [2.24, 2.45) is 5.92 Å². The number of amides is 2. The highest BCUT2D eigenvalue weighted by Gasteiger charge is 2.35. The molecule has 0 aromatic carbocycles. The highest BCUT2D eigenvalue weighted by Crippen LogP contribution is 2.14. The summed E-state index contributed by atoms with van der Waals surface area (Å²) >= 11 is 0. The van der Waals surface area contributed by atoms with Gasteiger partial charge in [0.05, 0.1) is 5.92 Å². The Balaban J connectivity index is 1.64. The van der Waals surface area contributed by atoms with Crippen molar-refractivity contribution in [1.29, 1.82) is 0 Å². The molecule has 1 aliphatic rings. The molecule has 1 aromatic heterocycles. The van der Waals surface area contributed by atoms with E-state index >= 15 is 0 Å². The maximum atomic E-state index is 11.5. The van der Waals surface area contributed by atoms with Crippen LogP contribution in [-0.4, -0.2) is 51.8 Å². The summed E-state index contributed by atoms with van der Waals surface area (Å²) in [7, 11) is 0. The van der Waals surface area contributed by atoms with Crippen molar-refractivity contribution in [1.82, 2.24) is 20.4 Å². The lowest BCUT2D eigenvalue weighted by atomic mass is 10.0. The molecule has 0 radical (unpaired) electrons. The standard InChI is InChI=1S/C9H12N4O4/c14-8(15)6-3-13(4-6)9(16)10-2-1-7-11-5-12-17-7/h5-6H,1-4H2,(H,10,16)(H,14,15). The van der Waals surface area contributed by atoms with Crippen molar-refractivity contribution in [3.8, 4) is 0 Å². The number of urea groups is 1. The fourth-order valence-corrected chi connectivity index (χ4v) is 1.49. The first-order valence-electron chi connectivity index (χ1n) is 5.18. The number of hydrogen-bond donors (Lipinski definition) is 2. The number of carbonyl (C=O) groups is 2. The zero-order chi connectivity index (χ0) is 12.3. The van der Waals surface area contributed by atoms with Crippen molar-refractivity contribution < 1.29 is 19.2 Å². The summed E-state index contributed by atoms with van der Waals surface area (Å²) in [6, 6.07) is -0.262. The molecule has 0 aliphatic carbocycles. The van der Waals surface area contributed by atoms with Crippen LogP contribution in [0.25, 0.3) is 0 Å². The van der Waals surface area contributed by atoms with E-state index in [2.05, 4.69) is 15.5 Å². The fraction of sp³-hybridized carbons (Fsp3) is 0.556. The summed E-state index contributed by atoms with van der Waals surface area (Å²) in [5.41, 5.74) is 0. The molecule has 1 aromatic rings. The molecule has 0 bridgehead atoms. The van der Waals surface area contributed by atoms with Crippen LogP contribution in [0.15, 0.2) is 10.9 Å². The minimum Gasteiger partial charge on any atom is -0.481 e. The Morgan fingerprint density at radius 3 is 2.94 bits per heavy atom. The van der Waals surface area contributed by atoms with Crippen LogP contribution in [0.5, 0.6) is 0 Å². The van der Waals surface area contributed by atoms with Gasteiger partial charge in [-0.25, -0.2) is 4.79 Å². The molecule has 2 rings (SSSR count). The molecule has 1 saturated heterocycles. The summed E-state index contributed by atoms with van der Waals surface area (Å²) in [5, 5.41) is 14.7. The average molecular weight is 240 g/mol. The van der Waals surface area contributed by atoms with Crippen molar-refractivity contribution in [2.75, 3.05) is 19.6 Å². The summed E-state index contributed by atoms with van der Waals surface area (Å²) in [5.74, 6) is -0.839. The predicted molar refractivity (Wildman–Crippen MR) is 54.1 cm³/mol. The lowest BCUT2D eigenvalue weighted by Crippen LogP contribution is -2.56. The minimum absolute atomic E-state index is 0.262. The van der Waals surface area contributed by atoms with E-state index in [-0.39, 0.29) is 19.1 Å². The van der Waals surface area contributed by atoms with Gasteiger partial charge in [0.1, 0.15) is 0 Å². The van der Waals surface area contributed by atoms with Gasteiger partial charge in [0, 0.05) is 26.1 Å². The Morgan fingerprint density at radius 1 is 1.59 bits per heavy atom. The maximum absolute atomic E-state index is 11.5. The summed E-state index contributed by atoms with van der Waals surface area (Å²) < 4.78 is 4.76. The summed E-state index contributed by atoms with van der Waals surface area (Å²) in [6.07, 6.45) is 1.76. The van der Waals surface area contributed by atoms with E-state index in [0.29, 0.717) is 18.9 Å². The zero-order valence-electron chi connectivity index (χ0n) is 9.00. The number of carbonyl (C=O) groups excluding carboxylic acids is 1. The van der Waals surface area contributed by atoms with Gasteiger partial charge < -0.3 is 19.8 Å². The normalized spacial score (nSPS) is 15.4. The number of aliphatic carboxylic acids is 1. The molecule has 1 fully saturated rings. The highest BCUT2D eigenvalue weighted by atomic mass is 16.5. The second kappa shape index (κ2) is 4.81. The second-order valence-electron chi connectivity index (χ2n) is 3.76. The third-order valence-corrected chi connectivity index (χ3v) is 2.54. The van der Waals surface area contributed by atoms with Gasteiger partial charge in [-0.3, -0.25) is 4.79 Å². The predicted octanol–water partition coefficient (Wildman–Crippen LogP) is -0.662. The van der Waals surface area contributed by atoms with E-state index in [1.165, 1.54) is 11.2 Å². The number of carboxylic acid groups (broad SMARTS) is 1. The molecule has 8 nitrogen and oxygen atoms in total. The number of rotatable bonds is 4. The molecule has 2 N–H and O–H groups in total.